The number of nitrogens with zero attached hydrogens (tertiary/aromatic N) is 3. The van der Waals surface area contributed by atoms with E-state index in [2.05, 4.69) is 22.5 Å². The summed E-state index contributed by atoms with van der Waals surface area (Å²) in [5, 5.41) is 18.2. The van der Waals surface area contributed by atoms with Crippen molar-refractivity contribution in [3.8, 4) is 0 Å². The third kappa shape index (κ3) is 5.41. The van der Waals surface area contributed by atoms with Crippen molar-refractivity contribution >= 4 is 38.7 Å². The maximum Gasteiger partial charge on any atom is 0.292 e. The molecule has 1 heterocycles. The first kappa shape index (κ1) is 28.0. The molecule has 4 saturated carbocycles. The molecule has 0 aromatic heterocycles. The lowest BCUT2D eigenvalue weighted by molar-refractivity contribution is -0.384. The van der Waals surface area contributed by atoms with Gasteiger partial charge in [-0.1, -0.05) is 0 Å². The molecule has 7 rings (SSSR count). The summed E-state index contributed by atoms with van der Waals surface area (Å²) in [6.07, 6.45) is 7.70. The fraction of sp³-hybridized carbons (Fsp3) is 0.567. The molecule has 1 aliphatic heterocycles. The predicted octanol–water partition coefficient (Wildman–Crippen LogP) is 5.08. The quantitative estimate of drug-likeness (QED) is 0.329. The van der Waals surface area contributed by atoms with Crippen LogP contribution >= 0.6 is 0 Å². The highest BCUT2D eigenvalue weighted by Crippen LogP contribution is 2.61. The van der Waals surface area contributed by atoms with E-state index in [0.717, 1.165) is 23.4 Å². The lowest BCUT2D eigenvalue weighted by Gasteiger charge is -2.59. The van der Waals surface area contributed by atoms with E-state index in [9.17, 15) is 23.3 Å². The molecule has 220 valence electrons. The summed E-state index contributed by atoms with van der Waals surface area (Å²) in [6.45, 7) is 5.17. The van der Waals surface area contributed by atoms with Gasteiger partial charge in [0, 0.05) is 56.6 Å². The molecule has 5 aliphatic rings. The van der Waals surface area contributed by atoms with E-state index in [0.29, 0.717) is 37.6 Å². The molecule has 0 spiro atoms. The van der Waals surface area contributed by atoms with E-state index in [1.165, 1.54) is 61.9 Å². The number of hydrogen-bond donors (Lipinski definition) is 2. The predicted molar refractivity (Wildman–Crippen MR) is 159 cm³/mol. The number of carbonyl (C=O) groups excluding carboxylic acids is 1. The lowest BCUT2D eigenvalue weighted by Crippen LogP contribution is -2.53. The van der Waals surface area contributed by atoms with Crippen LogP contribution in [0.2, 0.25) is 0 Å². The molecule has 0 radical (unpaired) electrons. The van der Waals surface area contributed by atoms with Crippen LogP contribution in [-0.2, 0) is 14.8 Å². The highest BCUT2D eigenvalue weighted by Gasteiger charge is 2.53. The third-order valence-electron chi connectivity index (χ3n) is 9.97. The van der Waals surface area contributed by atoms with Crippen LogP contribution in [0.4, 0.5) is 22.7 Å². The summed E-state index contributed by atoms with van der Waals surface area (Å²) in [7, 11) is -3.68. The summed E-state index contributed by atoms with van der Waals surface area (Å²) in [4.78, 5) is 25.2. The van der Waals surface area contributed by atoms with Crippen molar-refractivity contribution in [3.05, 3.63) is 52.6 Å². The fourth-order valence-electron chi connectivity index (χ4n) is 8.34. The Bertz CT molecular complexity index is 1400. The standard InChI is InChI=1S/C30H39N5O5S/c1-20(30-17-22-13-23(18-30)15-24(14-22)19-30)31-28-16-26(5-8-29(28)35(37)38)33-9-11-34(12-10-33)41(39,40)27-6-3-25(4-7-27)32-21(2)36/h3-8,16,20,22-24,31H,9-15,17-19H2,1-2H3,(H,32,36)/t20-,22?,23?,24?,30?/m1/s1. The second-order valence-electron chi connectivity index (χ2n) is 12.7. The van der Waals surface area contributed by atoms with Crippen LogP contribution in [0.3, 0.4) is 0 Å². The van der Waals surface area contributed by atoms with E-state index in [4.69, 9.17) is 0 Å². The molecule has 4 bridgehead atoms. The van der Waals surface area contributed by atoms with Gasteiger partial charge < -0.3 is 15.5 Å². The van der Waals surface area contributed by atoms with Crippen molar-refractivity contribution in [1.29, 1.82) is 0 Å². The molecule has 0 unspecified atom stereocenters. The first-order chi connectivity index (χ1) is 19.5. The SMILES string of the molecule is CC(=O)Nc1ccc(S(=O)(=O)N2CCN(c3ccc([N+](=O)[O-])c(N[C@H](C)C45CC6CC(CC(C6)C4)C5)c3)CC2)cc1. The van der Waals surface area contributed by atoms with Crippen LogP contribution in [-0.4, -0.2) is 55.8 Å². The van der Waals surface area contributed by atoms with Gasteiger partial charge in [-0.15, -0.1) is 0 Å². The number of piperazine rings is 1. The second-order valence-corrected chi connectivity index (χ2v) is 14.6. The molecule has 2 aromatic rings. The molecule has 10 nitrogen and oxygen atoms in total. The van der Waals surface area contributed by atoms with Crippen LogP contribution < -0.4 is 15.5 Å². The molecule has 5 fully saturated rings. The van der Waals surface area contributed by atoms with Gasteiger partial charge in [0.05, 0.1) is 9.82 Å². The maximum absolute atomic E-state index is 13.3. The molecule has 1 amide bonds. The summed E-state index contributed by atoms with van der Waals surface area (Å²) in [5.74, 6) is 2.18. The van der Waals surface area contributed by atoms with Gasteiger partial charge in [0.15, 0.2) is 0 Å². The molecule has 4 aliphatic carbocycles. The topological polar surface area (TPSA) is 125 Å². The zero-order valence-electron chi connectivity index (χ0n) is 23.7. The summed E-state index contributed by atoms with van der Waals surface area (Å²) < 4.78 is 28.0. The lowest BCUT2D eigenvalue weighted by atomic mass is 9.48. The Morgan fingerprint density at radius 3 is 2.10 bits per heavy atom. The smallest absolute Gasteiger partial charge is 0.292 e. The molecule has 2 N–H and O–H groups in total. The molecule has 1 atom stereocenters. The van der Waals surface area contributed by atoms with Crippen molar-refractivity contribution in [2.24, 2.45) is 23.2 Å². The number of nitro benzene ring substituents is 1. The number of nitrogens with one attached hydrogen (secondary N) is 2. The third-order valence-corrected chi connectivity index (χ3v) is 11.9. The molecular formula is C30H39N5O5S. The number of benzene rings is 2. The zero-order chi connectivity index (χ0) is 28.9. The van der Waals surface area contributed by atoms with Crippen molar-refractivity contribution in [2.45, 2.75) is 63.3 Å². The zero-order valence-corrected chi connectivity index (χ0v) is 24.5. The van der Waals surface area contributed by atoms with Crippen LogP contribution in [0.1, 0.15) is 52.4 Å². The Labute approximate surface area is 241 Å². The largest absolute Gasteiger partial charge is 0.376 e. The van der Waals surface area contributed by atoms with Gasteiger partial charge in [-0.2, -0.15) is 4.31 Å². The Hall–Kier alpha value is -3.18. The van der Waals surface area contributed by atoms with Gasteiger partial charge in [0.2, 0.25) is 15.9 Å². The van der Waals surface area contributed by atoms with E-state index in [-0.39, 0.29) is 32.9 Å². The van der Waals surface area contributed by atoms with Gasteiger partial charge in [-0.3, -0.25) is 14.9 Å². The molecule has 11 heteroatoms. The number of hydrogen-bond acceptors (Lipinski definition) is 7. The van der Waals surface area contributed by atoms with E-state index < -0.39 is 10.0 Å². The Morgan fingerprint density at radius 2 is 1.56 bits per heavy atom. The second kappa shape index (κ2) is 10.6. The minimum absolute atomic E-state index is 0.0780. The van der Waals surface area contributed by atoms with E-state index in [1.54, 1.807) is 24.3 Å². The summed E-state index contributed by atoms with van der Waals surface area (Å²) >= 11 is 0. The van der Waals surface area contributed by atoms with Crippen molar-refractivity contribution in [3.63, 3.8) is 0 Å². The van der Waals surface area contributed by atoms with Gasteiger partial charge in [0.1, 0.15) is 5.69 Å². The van der Waals surface area contributed by atoms with Crippen LogP contribution in [0.5, 0.6) is 0 Å². The Balaban J connectivity index is 1.15. The average Bonchev–Trinajstić information content (AvgIpc) is 2.92. The normalized spacial score (nSPS) is 28.3. The van der Waals surface area contributed by atoms with Gasteiger partial charge in [0.25, 0.3) is 5.69 Å². The molecular weight excluding hydrogens is 542 g/mol. The Kier molecular flexibility index (Phi) is 7.22. The average molecular weight is 582 g/mol. The minimum Gasteiger partial charge on any atom is -0.376 e. The number of nitro groups is 1. The first-order valence-electron chi connectivity index (χ1n) is 14.7. The fourth-order valence-corrected chi connectivity index (χ4v) is 9.76. The molecule has 41 heavy (non-hydrogen) atoms. The molecule has 2 aromatic carbocycles. The minimum atomic E-state index is -3.68. The van der Waals surface area contributed by atoms with Crippen LogP contribution in [0.15, 0.2) is 47.4 Å². The van der Waals surface area contributed by atoms with Gasteiger partial charge in [-0.25, -0.2) is 8.42 Å². The van der Waals surface area contributed by atoms with E-state index in [1.807, 2.05) is 6.07 Å². The van der Waals surface area contributed by atoms with Crippen LogP contribution in [0.25, 0.3) is 0 Å². The number of anilines is 3. The van der Waals surface area contributed by atoms with Crippen molar-refractivity contribution in [1.82, 2.24) is 4.31 Å². The Morgan fingerprint density at radius 1 is 0.976 bits per heavy atom. The number of sulfonamides is 1. The van der Waals surface area contributed by atoms with Gasteiger partial charge in [-0.05, 0) is 105 Å². The number of rotatable bonds is 8. The van der Waals surface area contributed by atoms with Crippen LogP contribution in [0, 0.1) is 33.3 Å². The highest BCUT2D eigenvalue weighted by molar-refractivity contribution is 7.89. The summed E-state index contributed by atoms with van der Waals surface area (Å²) in [6, 6.07) is 11.5. The summed E-state index contributed by atoms with van der Waals surface area (Å²) in [5.41, 5.74) is 2.23. The monoisotopic (exact) mass is 581 g/mol. The van der Waals surface area contributed by atoms with E-state index >= 15 is 0 Å². The highest BCUT2D eigenvalue weighted by atomic mass is 32.2. The maximum atomic E-state index is 13.3. The number of carbonyl (C=O) groups is 1. The molecule has 1 saturated heterocycles. The van der Waals surface area contributed by atoms with Crippen molar-refractivity contribution in [2.75, 3.05) is 41.7 Å². The van der Waals surface area contributed by atoms with Gasteiger partial charge >= 0.3 is 0 Å². The number of amides is 1. The first-order valence-corrected chi connectivity index (χ1v) is 16.1. The van der Waals surface area contributed by atoms with Crippen molar-refractivity contribution < 1.29 is 18.1 Å².